The second kappa shape index (κ2) is 5.09. The van der Waals surface area contributed by atoms with E-state index >= 15 is 0 Å². The van der Waals surface area contributed by atoms with Crippen LogP contribution in [0.3, 0.4) is 0 Å². The van der Waals surface area contributed by atoms with Gasteiger partial charge in [0.05, 0.1) is 12.6 Å². The summed E-state index contributed by atoms with van der Waals surface area (Å²) in [7, 11) is 0. The van der Waals surface area contributed by atoms with Crippen molar-refractivity contribution < 1.29 is 9.90 Å². The fourth-order valence-corrected chi connectivity index (χ4v) is 2.10. The maximum absolute atomic E-state index is 12.0. The van der Waals surface area contributed by atoms with Gasteiger partial charge in [0, 0.05) is 18.9 Å². The predicted octanol–water partition coefficient (Wildman–Crippen LogP) is -0.773. The van der Waals surface area contributed by atoms with Crippen LogP contribution in [0.5, 0.6) is 0 Å². The van der Waals surface area contributed by atoms with Crippen molar-refractivity contribution in [3.05, 3.63) is 28.9 Å². The molecule has 1 saturated heterocycles. The highest BCUT2D eigenvalue weighted by Gasteiger charge is 2.27. The van der Waals surface area contributed by atoms with Crippen LogP contribution in [0, 0.1) is 0 Å². The number of amides is 1. The van der Waals surface area contributed by atoms with Gasteiger partial charge in [0.1, 0.15) is 6.54 Å². The summed E-state index contributed by atoms with van der Waals surface area (Å²) >= 11 is 0. The molecule has 6 nitrogen and oxygen atoms in total. The highest BCUT2D eigenvalue weighted by atomic mass is 16.3. The van der Waals surface area contributed by atoms with Gasteiger partial charge in [-0.3, -0.25) is 9.36 Å². The monoisotopic (exact) mass is 237 g/mol. The highest BCUT2D eigenvalue weighted by Crippen LogP contribution is 2.16. The maximum Gasteiger partial charge on any atom is 0.347 e. The van der Waals surface area contributed by atoms with Crippen molar-refractivity contribution in [1.29, 1.82) is 0 Å². The van der Waals surface area contributed by atoms with E-state index in [4.69, 9.17) is 5.11 Å². The summed E-state index contributed by atoms with van der Waals surface area (Å²) in [6.45, 7) is 0.621. The smallest absolute Gasteiger partial charge is 0.347 e. The molecule has 0 aromatic carbocycles. The third-order valence-corrected chi connectivity index (χ3v) is 3.00. The number of carbonyl (C=O) groups is 1. The lowest BCUT2D eigenvalue weighted by molar-refractivity contribution is -0.133. The maximum atomic E-state index is 12.0. The van der Waals surface area contributed by atoms with Crippen LogP contribution < -0.4 is 5.69 Å². The molecule has 0 spiro atoms. The molecule has 1 aliphatic rings. The number of nitrogens with zero attached hydrogens (tertiary/aromatic N) is 3. The average Bonchev–Trinajstić information content (AvgIpc) is 2.80. The second-order valence-electron chi connectivity index (χ2n) is 4.10. The molecule has 2 rings (SSSR count). The Morgan fingerprint density at radius 2 is 2.41 bits per heavy atom. The van der Waals surface area contributed by atoms with Crippen molar-refractivity contribution in [2.45, 2.75) is 25.4 Å². The predicted molar refractivity (Wildman–Crippen MR) is 60.3 cm³/mol. The van der Waals surface area contributed by atoms with E-state index in [1.165, 1.54) is 17.0 Å². The molecule has 0 aliphatic carbocycles. The van der Waals surface area contributed by atoms with Crippen LogP contribution in [0.25, 0.3) is 0 Å². The van der Waals surface area contributed by atoms with Gasteiger partial charge in [-0.2, -0.15) is 0 Å². The summed E-state index contributed by atoms with van der Waals surface area (Å²) in [5.41, 5.74) is -0.430. The molecule has 1 aliphatic heterocycles. The molecule has 0 radical (unpaired) electrons. The van der Waals surface area contributed by atoms with E-state index in [0.717, 1.165) is 12.8 Å². The Hall–Kier alpha value is -1.69. The van der Waals surface area contributed by atoms with E-state index in [2.05, 4.69) is 4.98 Å². The Balaban J connectivity index is 2.07. The molecule has 0 bridgehead atoms. The van der Waals surface area contributed by atoms with E-state index in [0.29, 0.717) is 6.54 Å². The van der Waals surface area contributed by atoms with Crippen molar-refractivity contribution in [3.63, 3.8) is 0 Å². The number of likely N-dealkylation sites (tertiary alicyclic amines) is 1. The fraction of sp³-hybridized carbons (Fsp3) is 0.545. The normalized spacial score (nSPS) is 19.6. The van der Waals surface area contributed by atoms with E-state index in [1.807, 2.05) is 0 Å². The standard InChI is InChI=1S/C11H15N3O3/c15-8-9-3-1-6-14(9)10(16)7-13-5-2-4-12-11(13)17/h2,4-5,9,15H,1,3,6-8H2. The van der Waals surface area contributed by atoms with Crippen LogP contribution in [0.1, 0.15) is 12.8 Å². The first-order chi connectivity index (χ1) is 8.22. The van der Waals surface area contributed by atoms with Gasteiger partial charge < -0.3 is 10.0 Å². The molecule has 1 N–H and O–H groups in total. The van der Waals surface area contributed by atoms with Crippen molar-refractivity contribution in [3.8, 4) is 0 Å². The number of rotatable bonds is 3. The van der Waals surface area contributed by atoms with Gasteiger partial charge in [0.2, 0.25) is 5.91 Å². The molecular weight excluding hydrogens is 222 g/mol. The number of hydrogen-bond donors (Lipinski definition) is 1. The van der Waals surface area contributed by atoms with Crippen molar-refractivity contribution >= 4 is 5.91 Å². The lowest BCUT2D eigenvalue weighted by atomic mass is 10.2. The van der Waals surface area contributed by atoms with Crippen LogP contribution in [-0.2, 0) is 11.3 Å². The zero-order valence-electron chi connectivity index (χ0n) is 9.45. The summed E-state index contributed by atoms with van der Waals surface area (Å²) in [4.78, 5) is 28.5. The molecule has 1 amide bonds. The van der Waals surface area contributed by atoms with E-state index < -0.39 is 5.69 Å². The first-order valence-corrected chi connectivity index (χ1v) is 5.64. The van der Waals surface area contributed by atoms with Gasteiger partial charge >= 0.3 is 5.69 Å². The van der Waals surface area contributed by atoms with Gasteiger partial charge in [-0.15, -0.1) is 0 Å². The molecule has 0 saturated carbocycles. The van der Waals surface area contributed by atoms with Crippen molar-refractivity contribution in [1.82, 2.24) is 14.5 Å². The number of aromatic nitrogens is 2. The lowest BCUT2D eigenvalue weighted by Crippen LogP contribution is -2.41. The molecule has 1 atom stereocenters. The van der Waals surface area contributed by atoms with Crippen molar-refractivity contribution in [2.24, 2.45) is 0 Å². The lowest BCUT2D eigenvalue weighted by Gasteiger charge is -2.23. The minimum atomic E-state index is -0.430. The molecule has 1 aromatic heterocycles. The largest absolute Gasteiger partial charge is 0.394 e. The minimum Gasteiger partial charge on any atom is -0.394 e. The summed E-state index contributed by atoms with van der Waals surface area (Å²) in [6.07, 6.45) is 4.66. The molecule has 92 valence electrons. The Labute approximate surface area is 98.5 Å². The second-order valence-corrected chi connectivity index (χ2v) is 4.10. The van der Waals surface area contributed by atoms with Crippen LogP contribution in [0.2, 0.25) is 0 Å². The number of aliphatic hydroxyl groups excluding tert-OH is 1. The molecule has 1 fully saturated rings. The van der Waals surface area contributed by atoms with Gasteiger partial charge in [-0.05, 0) is 18.9 Å². The Kier molecular flexibility index (Phi) is 3.53. The highest BCUT2D eigenvalue weighted by molar-refractivity contribution is 5.76. The molecular formula is C11H15N3O3. The third-order valence-electron chi connectivity index (χ3n) is 3.00. The van der Waals surface area contributed by atoms with Gasteiger partial charge in [-0.1, -0.05) is 0 Å². The first-order valence-electron chi connectivity index (χ1n) is 5.64. The van der Waals surface area contributed by atoms with Crippen molar-refractivity contribution in [2.75, 3.05) is 13.2 Å². The van der Waals surface area contributed by atoms with Gasteiger partial charge in [0.15, 0.2) is 0 Å². The van der Waals surface area contributed by atoms with E-state index in [1.54, 1.807) is 11.0 Å². The summed E-state index contributed by atoms with van der Waals surface area (Å²) in [5, 5.41) is 9.13. The quantitative estimate of drug-likeness (QED) is 0.748. The zero-order valence-corrected chi connectivity index (χ0v) is 9.45. The third kappa shape index (κ3) is 2.52. The van der Waals surface area contributed by atoms with Gasteiger partial charge in [0.25, 0.3) is 0 Å². The molecule has 2 heterocycles. The Morgan fingerprint density at radius 1 is 1.59 bits per heavy atom. The molecule has 1 unspecified atom stereocenters. The number of carbonyl (C=O) groups excluding carboxylic acids is 1. The van der Waals surface area contributed by atoms with Crippen LogP contribution in [0.4, 0.5) is 0 Å². The molecule has 6 heteroatoms. The topological polar surface area (TPSA) is 75.4 Å². The first kappa shape index (κ1) is 11.8. The summed E-state index contributed by atoms with van der Waals surface area (Å²) in [5.74, 6) is -0.142. The average molecular weight is 237 g/mol. The summed E-state index contributed by atoms with van der Waals surface area (Å²) < 4.78 is 1.27. The fourth-order valence-electron chi connectivity index (χ4n) is 2.10. The van der Waals surface area contributed by atoms with Crippen LogP contribution >= 0.6 is 0 Å². The Bertz CT molecular complexity index is 457. The molecule has 17 heavy (non-hydrogen) atoms. The van der Waals surface area contributed by atoms with E-state index in [-0.39, 0.29) is 25.1 Å². The zero-order chi connectivity index (χ0) is 12.3. The van der Waals surface area contributed by atoms with Gasteiger partial charge in [-0.25, -0.2) is 9.78 Å². The summed E-state index contributed by atoms with van der Waals surface area (Å²) in [6, 6.07) is 1.51. The minimum absolute atomic E-state index is 0.0107. The van der Waals surface area contributed by atoms with E-state index in [9.17, 15) is 9.59 Å². The van der Waals surface area contributed by atoms with Crippen LogP contribution in [0.15, 0.2) is 23.3 Å². The van der Waals surface area contributed by atoms with Crippen LogP contribution in [-0.4, -0.2) is 44.7 Å². The number of hydrogen-bond acceptors (Lipinski definition) is 4. The number of aliphatic hydroxyl groups is 1. The Morgan fingerprint density at radius 3 is 3.12 bits per heavy atom. The SMILES string of the molecule is O=C(Cn1cccnc1=O)N1CCCC1CO. The molecule has 1 aromatic rings.